The molecule has 3 nitrogen and oxygen atoms in total. The lowest BCUT2D eigenvalue weighted by Gasteiger charge is -2.37. The topological polar surface area (TPSA) is 30.8 Å². The molecule has 0 aromatic heterocycles. The largest absolute Gasteiger partial charge is 0.490 e. The number of hydrogen-bond donors (Lipinski definition) is 0. The monoisotopic (exact) mass is 431 g/mol. The average molecular weight is 432 g/mol. The number of fused-ring (bicyclic) bond motifs is 1. The minimum atomic E-state index is -0.956. The highest BCUT2D eigenvalue weighted by atomic mass is 19.2. The third-order valence-corrected chi connectivity index (χ3v) is 7.62. The minimum Gasteiger partial charge on any atom is -0.490 e. The molecule has 4 rings (SSSR count). The predicted octanol–water partition coefficient (Wildman–Crippen LogP) is 6.88. The van der Waals surface area contributed by atoms with Gasteiger partial charge in [0.25, 0.3) is 0 Å². The number of aliphatic imine (C=N–C) groups is 1. The van der Waals surface area contributed by atoms with E-state index in [9.17, 15) is 8.78 Å². The molecule has 1 aliphatic heterocycles. The molecule has 1 aromatic rings. The maximum atomic E-state index is 14.6. The van der Waals surface area contributed by atoms with Gasteiger partial charge in [-0.3, -0.25) is 4.99 Å². The van der Waals surface area contributed by atoms with E-state index in [4.69, 9.17) is 9.47 Å². The normalized spacial score (nSPS) is 31.1. The Morgan fingerprint density at radius 3 is 2.35 bits per heavy atom. The van der Waals surface area contributed by atoms with Crippen molar-refractivity contribution in [1.82, 2.24) is 0 Å². The molecular formula is C26H35F2NO2. The molecule has 0 amide bonds. The summed E-state index contributed by atoms with van der Waals surface area (Å²) in [5.74, 6) is 0.889. The third-order valence-electron chi connectivity index (χ3n) is 7.62. The smallest absolute Gasteiger partial charge is 0.204 e. The fraction of sp³-hybridized carbons (Fsp3) is 0.654. The molecule has 3 aliphatic rings. The molecule has 0 radical (unpaired) electrons. The Morgan fingerprint density at radius 1 is 1.03 bits per heavy atom. The van der Waals surface area contributed by atoms with Gasteiger partial charge in [-0.1, -0.05) is 6.08 Å². The van der Waals surface area contributed by atoms with Crippen molar-refractivity contribution in [2.45, 2.75) is 77.4 Å². The van der Waals surface area contributed by atoms with E-state index in [-0.39, 0.29) is 11.5 Å². The van der Waals surface area contributed by atoms with Crippen LogP contribution in [-0.4, -0.2) is 19.0 Å². The van der Waals surface area contributed by atoms with Gasteiger partial charge in [0.1, 0.15) is 0 Å². The highest BCUT2D eigenvalue weighted by Crippen LogP contribution is 2.42. The van der Waals surface area contributed by atoms with Gasteiger partial charge in [0.15, 0.2) is 17.7 Å². The lowest BCUT2D eigenvalue weighted by Crippen LogP contribution is -2.27. The first-order valence-corrected chi connectivity index (χ1v) is 12.0. The summed E-state index contributed by atoms with van der Waals surface area (Å²) in [4.78, 5) is 4.15. The van der Waals surface area contributed by atoms with E-state index in [1.165, 1.54) is 38.5 Å². The lowest BCUT2D eigenvalue weighted by molar-refractivity contribution is 0.126. The van der Waals surface area contributed by atoms with Gasteiger partial charge in [-0.15, -0.1) is 6.58 Å². The summed E-state index contributed by atoms with van der Waals surface area (Å²) in [6.45, 7) is 6.19. The summed E-state index contributed by atoms with van der Waals surface area (Å²) in [6.07, 6.45) is 14.5. The second-order valence-corrected chi connectivity index (χ2v) is 9.51. The number of ether oxygens (including phenoxy) is 2. The number of aryl methyl sites for hydroxylation is 1. The molecule has 2 saturated carbocycles. The van der Waals surface area contributed by atoms with Gasteiger partial charge in [-0.05, 0) is 101 Å². The third kappa shape index (κ3) is 5.12. The first-order valence-electron chi connectivity index (χ1n) is 12.0. The Morgan fingerprint density at radius 2 is 1.71 bits per heavy atom. The Bertz CT molecular complexity index is 793. The molecule has 0 saturated heterocycles. The molecule has 0 N–H and O–H groups in total. The van der Waals surface area contributed by atoms with E-state index < -0.39 is 17.9 Å². The van der Waals surface area contributed by atoms with E-state index in [0.29, 0.717) is 36.8 Å². The molecule has 2 aliphatic carbocycles. The quantitative estimate of drug-likeness (QED) is 0.363. The van der Waals surface area contributed by atoms with Gasteiger partial charge < -0.3 is 9.47 Å². The highest BCUT2D eigenvalue weighted by molar-refractivity contribution is 5.53. The number of benzene rings is 1. The standard InChI is InChI=1S/C26H35F2NO2/c1-3-17-5-9-19(10-6-17)20-11-7-18(8-12-20)16-30-22-15-21-13-14-23(29-4-2)31-26(21)25(28)24(22)27/h3-4,15,17-20,23H,1,5-14,16H2,2H3. The van der Waals surface area contributed by atoms with Gasteiger partial charge in [0.05, 0.1) is 6.61 Å². The summed E-state index contributed by atoms with van der Waals surface area (Å²) in [5.41, 5.74) is 0.662. The van der Waals surface area contributed by atoms with Crippen molar-refractivity contribution >= 4 is 6.21 Å². The molecule has 1 atom stereocenters. The highest BCUT2D eigenvalue weighted by Gasteiger charge is 2.31. The first-order chi connectivity index (χ1) is 15.1. The van der Waals surface area contributed by atoms with Crippen molar-refractivity contribution in [2.75, 3.05) is 6.61 Å². The second-order valence-electron chi connectivity index (χ2n) is 9.51. The molecule has 1 unspecified atom stereocenters. The lowest BCUT2D eigenvalue weighted by atomic mass is 9.69. The number of rotatable bonds is 6. The van der Waals surface area contributed by atoms with Gasteiger partial charge in [0.2, 0.25) is 11.6 Å². The van der Waals surface area contributed by atoms with Crippen LogP contribution in [0.15, 0.2) is 23.7 Å². The Labute approximate surface area is 184 Å². The van der Waals surface area contributed by atoms with Crippen LogP contribution in [-0.2, 0) is 6.42 Å². The molecule has 31 heavy (non-hydrogen) atoms. The summed E-state index contributed by atoms with van der Waals surface area (Å²) >= 11 is 0. The van der Waals surface area contributed by atoms with Crippen molar-refractivity contribution in [3.63, 3.8) is 0 Å². The Hall–Kier alpha value is -1.91. The fourth-order valence-electron chi connectivity index (χ4n) is 5.69. The molecular weight excluding hydrogens is 396 g/mol. The first kappa shape index (κ1) is 22.3. The Balaban J connectivity index is 1.29. The van der Waals surface area contributed by atoms with Crippen LogP contribution in [0.1, 0.15) is 70.3 Å². The Kier molecular flexibility index (Phi) is 7.29. The van der Waals surface area contributed by atoms with Crippen LogP contribution < -0.4 is 9.47 Å². The van der Waals surface area contributed by atoms with Gasteiger partial charge in [-0.25, -0.2) is 0 Å². The van der Waals surface area contributed by atoms with Crippen LogP contribution in [0.25, 0.3) is 0 Å². The summed E-state index contributed by atoms with van der Waals surface area (Å²) < 4.78 is 40.5. The summed E-state index contributed by atoms with van der Waals surface area (Å²) in [7, 11) is 0. The fourth-order valence-corrected chi connectivity index (χ4v) is 5.69. The van der Waals surface area contributed by atoms with Crippen LogP contribution in [0.4, 0.5) is 8.78 Å². The molecule has 0 bridgehead atoms. The van der Waals surface area contributed by atoms with Crippen molar-refractivity contribution in [2.24, 2.45) is 28.7 Å². The zero-order chi connectivity index (χ0) is 21.8. The zero-order valence-corrected chi connectivity index (χ0v) is 18.6. The number of nitrogens with zero attached hydrogens (tertiary/aromatic N) is 1. The van der Waals surface area contributed by atoms with E-state index >= 15 is 0 Å². The number of allylic oxidation sites excluding steroid dienone is 1. The summed E-state index contributed by atoms with van der Waals surface area (Å²) in [6, 6.07) is 1.61. The van der Waals surface area contributed by atoms with Crippen molar-refractivity contribution in [3.05, 3.63) is 35.9 Å². The summed E-state index contributed by atoms with van der Waals surface area (Å²) in [5, 5.41) is 0. The van der Waals surface area contributed by atoms with Gasteiger partial charge in [-0.2, -0.15) is 8.78 Å². The zero-order valence-electron chi connectivity index (χ0n) is 18.6. The molecule has 170 valence electrons. The van der Waals surface area contributed by atoms with E-state index in [2.05, 4.69) is 17.6 Å². The van der Waals surface area contributed by atoms with Crippen LogP contribution >= 0.6 is 0 Å². The van der Waals surface area contributed by atoms with Crippen molar-refractivity contribution in [3.8, 4) is 11.5 Å². The molecule has 2 fully saturated rings. The number of halogens is 2. The number of hydrogen-bond acceptors (Lipinski definition) is 3. The van der Waals surface area contributed by atoms with E-state index in [0.717, 1.165) is 24.7 Å². The molecule has 1 aromatic carbocycles. The molecule has 5 heteroatoms. The van der Waals surface area contributed by atoms with Crippen LogP contribution in [0.3, 0.4) is 0 Å². The average Bonchev–Trinajstić information content (AvgIpc) is 2.81. The minimum absolute atomic E-state index is 0.0154. The maximum absolute atomic E-state index is 14.6. The molecule has 0 spiro atoms. The van der Waals surface area contributed by atoms with Gasteiger partial charge >= 0.3 is 0 Å². The van der Waals surface area contributed by atoms with Crippen LogP contribution in [0.5, 0.6) is 11.5 Å². The van der Waals surface area contributed by atoms with Crippen LogP contribution in [0, 0.1) is 35.3 Å². The van der Waals surface area contributed by atoms with Crippen molar-refractivity contribution < 1.29 is 18.3 Å². The predicted molar refractivity (Wildman–Crippen MR) is 120 cm³/mol. The second kappa shape index (κ2) is 10.1. The van der Waals surface area contributed by atoms with Gasteiger partial charge in [0, 0.05) is 12.0 Å². The van der Waals surface area contributed by atoms with E-state index in [1.807, 2.05) is 0 Å². The van der Waals surface area contributed by atoms with Crippen LogP contribution in [0.2, 0.25) is 0 Å². The molecule has 1 heterocycles. The van der Waals surface area contributed by atoms with Crippen molar-refractivity contribution in [1.29, 1.82) is 0 Å². The van der Waals surface area contributed by atoms with E-state index in [1.54, 1.807) is 19.2 Å². The SMILES string of the molecule is C=CC1CCC(C2CCC(COc3cc4c(c(F)c3F)OC(N=CC)CC4)CC2)CC1. The maximum Gasteiger partial charge on any atom is 0.204 e.